The van der Waals surface area contributed by atoms with Gasteiger partial charge >= 0.3 is 0 Å². The SMILES string of the molecule is C=CCN1CCN(C(=O)c2c(C)oc3c2CN(Cc2ccc(OC)cc2)CC3)CC1. The van der Waals surface area contributed by atoms with Crippen molar-refractivity contribution in [3.8, 4) is 5.75 Å². The molecule has 1 saturated heterocycles. The van der Waals surface area contributed by atoms with Gasteiger partial charge in [-0.1, -0.05) is 18.2 Å². The third-order valence-electron chi connectivity index (χ3n) is 6.13. The van der Waals surface area contributed by atoms with Crippen LogP contribution in [-0.4, -0.2) is 67.0 Å². The molecule has 2 aliphatic rings. The smallest absolute Gasteiger partial charge is 0.257 e. The Hall–Kier alpha value is -2.57. The Morgan fingerprint density at radius 2 is 1.87 bits per heavy atom. The number of hydrogen-bond donors (Lipinski definition) is 0. The van der Waals surface area contributed by atoms with E-state index in [0.29, 0.717) is 0 Å². The summed E-state index contributed by atoms with van der Waals surface area (Å²) in [5.74, 6) is 2.71. The first-order chi connectivity index (χ1) is 14.6. The minimum absolute atomic E-state index is 0.113. The van der Waals surface area contributed by atoms with E-state index in [1.54, 1.807) is 7.11 Å². The van der Waals surface area contributed by atoms with Crippen molar-refractivity contribution in [2.24, 2.45) is 0 Å². The minimum atomic E-state index is 0.113. The first kappa shape index (κ1) is 20.7. The molecule has 0 saturated carbocycles. The molecule has 0 unspecified atom stereocenters. The van der Waals surface area contributed by atoms with Gasteiger partial charge in [0.1, 0.15) is 17.3 Å². The van der Waals surface area contributed by atoms with E-state index in [4.69, 9.17) is 9.15 Å². The highest BCUT2D eigenvalue weighted by Crippen LogP contribution is 2.30. The van der Waals surface area contributed by atoms with Crippen LogP contribution in [0.1, 0.15) is 33.0 Å². The third kappa shape index (κ3) is 4.30. The topological polar surface area (TPSA) is 49.2 Å². The predicted molar refractivity (Wildman–Crippen MR) is 117 cm³/mol. The zero-order valence-electron chi connectivity index (χ0n) is 18.0. The van der Waals surface area contributed by atoms with E-state index < -0.39 is 0 Å². The van der Waals surface area contributed by atoms with Gasteiger partial charge in [-0.3, -0.25) is 14.6 Å². The van der Waals surface area contributed by atoms with Crippen LogP contribution < -0.4 is 4.74 Å². The lowest BCUT2D eigenvalue weighted by molar-refractivity contribution is 0.0646. The van der Waals surface area contributed by atoms with Crippen LogP contribution in [0.5, 0.6) is 5.75 Å². The van der Waals surface area contributed by atoms with Crippen LogP contribution in [0.25, 0.3) is 0 Å². The zero-order chi connectivity index (χ0) is 21.1. The number of hydrogen-bond acceptors (Lipinski definition) is 5. The van der Waals surface area contributed by atoms with Crippen LogP contribution in [0.4, 0.5) is 0 Å². The minimum Gasteiger partial charge on any atom is -0.497 e. The number of carbonyl (C=O) groups excluding carboxylic acids is 1. The van der Waals surface area contributed by atoms with Gasteiger partial charge in [0.05, 0.1) is 12.7 Å². The molecule has 30 heavy (non-hydrogen) atoms. The molecule has 0 N–H and O–H groups in total. The van der Waals surface area contributed by atoms with Gasteiger partial charge in [0.25, 0.3) is 5.91 Å². The van der Waals surface area contributed by atoms with Crippen molar-refractivity contribution >= 4 is 5.91 Å². The fraction of sp³-hybridized carbons (Fsp3) is 0.458. The van der Waals surface area contributed by atoms with Crippen LogP contribution in [-0.2, 0) is 19.5 Å². The highest BCUT2D eigenvalue weighted by Gasteiger charge is 2.31. The normalized spacial score (nSPS) is 17.6. The van der Waals surface area contributed by atoms with Crippen molar-refractivity contribution in [2.45, 2.75) is 26.4 Å². The van der Waals surface area contributed by atoms with E-state index in [1.165, 1.54) is 5.56 Å². The summed E-state index contributed by atoms with van der Waals surface area (Å²) in [4.78, 5) is 20.0. The Morgan fingerprint density at radius 1 is 1.13 bits per heavy atom. The number of furan rings is 1. The average Bonchev–Trinajstić information content (AvgIpc) is 3.09. The molecule has 0 radical (unpaired) electrons. The van der Waals surface area contributed by atoms with E-state index in [1.807, 2.05) is 30.0 Å². The summed E-state index contributed by atoms with van der Waals surface area (Å²) < 4.78 is 11.3. The van der Waals surface area contributed by atoms with Gasteiger partial charge < -0.3 is 14.1 Å². The largest absolute Gasteiger partial charge is 0.497 e. The van der Waals surface area contributed by atoms with Crippen LogP contribution in [0.2, 0.25) is 0 Å². The van der Waals surface area contributed by atoms with Crippen molar-refractivity contribution in [3.05, 3.63) is 65.1 Å². The molecule has 1 fully saturated rings. The Bertz CT molecular complexity index is 895. The first-order valence-corrected chi connectivity index (χ1v) is 10.7. The number of benzene rings is 1. The Balaban J connectivity index is 1.46. The van der Waals surface area contributed by atoms with Crippen LogP contribution in [0, 0.1) is 6.92 Å². The van der Waals surface area contributed by atoms with E-state index in [9.17, 15) is 4.79 Å². The second-order valence-corrected chi connectivity index (χ2v) is 8.13. The maximum Gasteiger partial charge on any atom is 0.257 e. The van der Waals surface area contributed by atoms with Crippen molar-refractivity contribution in [3.63, 3.8) is 0 Å². The lowest BCUT2D eigenvalue weighted by atomic mass is 10.0. The van der Waals surface area contributed by atoms with Gasteiger partial charge in [-0.2, -0.15) is 0 Å². The molecule has 4 rings (SSSR count). The Morgan fingerprint density at radius 3 is 2.53 bits per heavy atom. The lowest BCUT2D eigenvalue weighted by Gasteiger charge is -2.34. The lowest BCUT2D eigenvalue weighted by Crippen LogP contribution is -2.48. The molecule has 6 heteroatoms. The van der Waals surface area contributed by atoms with Gasteiger partial charge in [-0.15, -0.1) is 6.58 Å². The number of amides is 1. The first-order valence-electron chi connectivity index (χ1n) is 10.7. The second kappa shape index (κ2) is 9.06. The number of ether oxygens (including phenoxy) is 1. The van der Waals surface area contributed by atoms with Crippen molar-refractivity contribution in [1.29, 1.82) is 0 Å². The quantitative estimate of drug-likeness (QED) is 0.686. The predicted octanol–water partition coefficient (Wildman–Crippen LogP) is 3.10. The van der Waals surface area contributed by atoms with Crippen molar-refractivity contribution in [1.82, 2.24) is 14.7 Å². The van der Waals surface area contributed by atoms with Crippen molar-refractivity contribution < 1.29 is 13.9 Å². The van der Waals surface area contributed by atoms with Crippen molar-refractivity contribution in [2.75, 3.05) is 46.4 Å². The van der Waals surface area contributed by atoms with E-state index >= 15 is 0 Å². The summed E-state index contributed by atoms with van der Waals surface area (Å²) in [5.41, 5.74) is 3.10. The second-order valence-electron chi connectivity index (χ2n) is 8.13. The molecule has 2 aromatic rings. The molecular weight excluding hydrogens is 378 g/mol. The van der Waals surface area contributed by atoms with Crippen LogP contribution in [0.15, 0.2) is 41.3 Å². The Labute approximate surface area is 178 Å². The van der Waals surface area contributed by atoms with E-state index in [2.05, 4.69) is 28.5 Å². The molecular formula is C24H31N3O3. The summed E-state index contributed by atoms with van der Waals surface area (Å²) in [7, 11) is 1.68. The van der Waals surface area contributed by atoms with E-state index in [0.717, 1.165) is 87.2 Å². The molecule has 1 aromatic carbocycles. The fourth-order valence-corrected chi connectivity index (χ4v) is 4.46. The number of piperazine rings is 1. The number of methoxy groups -OCH3 is 1. The fourth-order valence-electron chi connectivity index (χ4n) is 4.46. The highest BCUT2D eigenvalue weighted by molar-refractivity contribution is 5.97. The molecule has 160 valence electrons. The summed E-state index contributed by atoms with van der Waals surface area (Å²) in [6.45, 7) is 12.4. The van der Waals surface area contributed by atoms with Gasteiger partial charge in [0.15, 0.2) is 0 Å². The number of aryl methyl sites for hydroxylation is 1. The maximum atomic E-state index is 13.3. The van der Waals surface area contributed by atoms with Gasteiger partial charge in [0, 0.05) is 64.3 Å². The highest BCUT2D eigenvalue weighted by atomic mass is 16.5. The number of nitrogens with zero attached hydrogens (tertiary/aromatic N) is 3. The van der Waals surface area contributed by atoms with Crippen LogP contribution in [0.3, 0.4) is 0 Å². The molecule has 0 aliphatic carbocycles. The Kier molecular flexibility index (Phi) is 6.25. The summed E-state index contributed by atoms with van der Waals surface area (Å²) in [6, 6.07) is 8.19. The number of rotatable bonds is 6. The molecule has 1 amide bonds. The summed E-state index contributed by atoms with van der Waals surface area (Å²) in [5, 5.41) is 0. The molecule has 2 aliphatic heterocycles. The molecule has 0 atom stereocenters. The van der Waals surface area contributed by atoms with E-state index in [-0.39, 0.29) is 5.91 Å². The monoisotopic (exact) mass is 409 g/mol. The zero-order valence-corrected chi connectivity index (χ0v) is 18.0. The van der Waals surface area contributed by atoms with Gasteiger partial charge in [-0.25, -0.2) is 0 Å². The molecule has 0 bridgehead atoms. The van der Waals surface area contributed by atoms with Crippen LogP contribution >= 0.6 is 0 Å². The third-order valence-corrected chi connectivity index (χ3v) is 6.13. The number of carbonyl (C=O) groups is 1. The molecule has 6 nitrogen and oxygen atoms in total. The van der Waals surface area contributed by atoms with Gasteiger partial charge in [0.2, 0.25) is 0 Å². The summed E-state index contributed by atoms with van der Waals surface area (Å²) >= 11 is 0. The molecule has 0 spiro atoms. The molecule has 1 aromatic heterocycles. The maximum absolute atomic E-state index is 13.3. The molecule has 3 heterocycles. The summed E-state index contributed by atoms with van der Waals surface area (Å²) in [6.07, 6.45) is 2.76. The number of fused-ring (bicyclic) bond motifs is 1. The standard InChI is InChI=1S/C24H31N3O3/c1-4-10-25-12-14-27(15-13-25)24(28)23-18(2)30-22-9-11-26(17-21(22)23)16-19-5-7-20(29-3)8-6-19/h4-8H,1,9-17H2,2-3H3. The van der Waals surface area contributed by atoms with Gasteiger partial charge in [-0.05, 0) is 24.6 Å². The average molecular weight is 410 g/mol.